The number of carbonyl (C=O) groups excluding carboxylic acids is 1. The highest BCUT2D eigenvalue weighted by atomic mass is 16.5. The van der Waals surface area contributed by atoms with E-state index in [9.17, 15) is 4.79 Å². The van der Waals surface area contributed by atoms with Gasteiger partial charge in [0.2, 0.25) is 0 Å². The fourth-order valence-electron chi connectivity index (χ4n) is 1.48. The van der Waals surface area contributed by atoms with Crippen molar-refractivity contribution in [3.05, 3.63) is 0 Å². The number of hydrogen-bond acceptors (Lipinski definition) is 3. The van der Waals surface area contributed by atoms with Crippen LogP contribution in [0.2, 0.25) is 0 Å². The molecule has 1 aliphatic rings. The smallest absolute Gasteiger partial charge is 0.319 e. The highest BCUT2D eigenvalue weighted by Gasteiger charge is 2.30. The van der Waals surface area contributed by atoms with Crippen molar-refractivity contribution < 1.29 is 9.53 Å². The molecule has 0 unspecified atom stereocenters. The van der Waals surface area contributed by atoms with Gasteiger partial charge in [0.05, 0.1) is 13.7 Å². The van der Waals surface area contributed by atoms with E-state index in [4.69, 9.17) is 0 Å². The zero-order valence-corrected chi connectivity index (χ0v) is 9.45. The van der Waals surface area contributed by atoms with Crippen LogP contribution in [0.5, 0.6) is 0 Å². The zero-order valence-electron chi connectivity index (χ0n) is 9.45. The summed E-state index contributed by atoms with van der Waals surface area (Å²) in [4.78, 5) is 13.4. The summed E-state index contributed by atoms with van der Waals surface area (Å²) in [7, 11) is 1.45. The van der Waals surface area contributed by atoms with Gasteiger partial charge in [0.15, 0.2) is 0 Å². The minimum absolute atomic E-state index is 0.111. The maximum absolute atomic E-state index is 11.1. The van der Waals surface area contributed by atoms with Crippen molar-refractivity contribution in [2.24, 2.45) is 5.92 Å². The van der Waals surface area contributed by atoms with Crippen LogP contribution in [0.4, 0.5) is 0 Å². The Kier molecular flexibility index (Phi) is 4.39. The predicted molar refractivity (Wildman–Crippen MR) is 56.1 cm³/mol. The lowest BCUT2D eigenvalue weighted by Gasteiger charge is -2.21. The van der Waals surface area contributed by atoms with Gasteiger partial charge in [-0.15, -0.1) is 0 Å². The second-order valence-corrected chi connectivity index (χ2v) is 4.46. The van der Waals surface area contributed by atoms with Gasteiger partial charge in [0.1, 0.15) is 0 Å². The number of rotatable bonds is 6. The predicted octanol–water partition coefficient (Wildman–Crippen LogP) is 1.67. The highest BCUT2D eigenvalue weighted by molar-refractivity contribution is 5.71. The van der Waals surface area contributed by atoms with Crippen molar-refractivity contribution in [1.29, 1.82) is 0 Å². The van der Waals surface area contributed by atoms with E-state index >= 15 is 0 Å². The van der Waals surface area contributed by atoms with Gasteiger partial charge in [-0.1, -0.05) is 13.8 Å². The van der Waals surface area contributed by atoms with Gasteiger partial charge in [0, 0.05) is 6.04 Å². The normalized spacial score (nSPS) is 16.4. The fourth-order valence-corrected chi connectivity index (χ4v) is 1.48. The first kappa shape index (κ1) is 11.5. The van der Waals surface area contributed by atoms with Crippen LogP contribution in [-0.2, 0) is 9.53 Å². The third-order valence-electron chi connectivity index (χ3n) is 2.62. The Balaban J connectivity index is 2.27. The Morgan fingerprint density at radius 2 is 2.14 bits per heavy atom. The van der Waals surface area contributed by atoms with Gasteiger partial charge in [0.25, 0.3) is 0 Å². The maximum atomic E-state index is 11.1. The Morgan fingerprint density at radius 1 is 1.50 bits per heavy atom. The highest BCUT2D eigenvalue weighted by Crippen LogP contribution is 2.27. The Labute approximate surface area is 86.4 Å². The van der Waals surface area contributed by atoms with Gasteiger partial charge in [-0.3, -0.25) is 9.69 Å². The molecule has 0 spiro atoms. The summed E-state index contributed by atoms with van der Waals surface area (Å²) < 4.78 is 4.68. The van der Waals surface area contributed by atoms with Crippen molar-refractivity contribution in [3.8, 4) is 0 Å². The average molecular weight is 199 g/mol. The molecule has 3 nitrogen and oxygen atoms in total. The molecule has 0 aromatic heterocycles. The Bertz CT molecular complexity index is 188. The van der Waals surface area contributed by atoms with E-state index in [-0.39, 0.29) is 5.97 Å². The maximum Gasteiger partial charge on any atom is 0.319 e. The second-order valence-electron chi connectivity index (χ2n) is 4.46. The quantitative estimate of drug-likeness (QED) is 0.609. The third kappa shape index (κ3) is 4.09. The first-order valence-electron chi connectivity index (χ1n) is 5.44. The van der Waals surface area contributed by atoms with Crippen LogP contribution >= 0.6 is 0 Å². The summed E-state index contributed by atoms with van der Waals surface area (Å²) in [6.07, 6.45) is 3.65. The molecule has 0 aliphatic heterocycles. The molecule has 0 aromatic carbocycles. The lowest BCUT2D eigenvalue weighted by atomic mass is 10.1. The van der Waals surface area contributed by atoms with Crippen LogP contribution in [-0.4, -0.2) is 37.1 Å². The van der Waals surface area contributed by atoms with Crippen molar-refractivity contribution in [3.63, 3.8) is 0 Å². The van der Waals surface area contributed by atoms with Crippen molar-refractivity contribution in [2.45, 2.75) is 39.2 Å². The molecule has 0 saturated heterocycles. The SMILES string of the molecule is COC(=O)CN(CCC(C)C)C1CC1. The largest absolute Gasteiger partial charge is 0.468 e. The summed E-state index contributed by atoms with van der Waals surface area (Å²) in [5, 5.41) is 0. The monoisotopic (exact) mass is 199 g/mol. The number of methoxy groups -OCH3 is 1. The summed E-state index contributed by atoms with van der Waals surface area (Å²) in [5.41, 5.74) is 0. The van der Waals surface area contributed by atoms with E-state index in [1.54, 1.807) is 0 Å². The molecule has 0 heterocycles. The van der Waals surface area contributed by atoms with Crippen LogP contribution < -0.4 is 0 Å². The van der Waals surface area contributed by atoms with Gasteiger partial charge in [-0.2, -0.15) is 0 Å². The second kappa shape index (κ2) is 5.35. The molecule has 0 N–H and O–H groups in total. The molecule has 14 heavy (non-hydrogen) atoms. The van der Waals surface area contributed by atoms with Crippen molar-refractivity contribution in [1.82, 2.24) is 4.90 Å². The van der Waals surface area contributed by atoms with E-state index in [0.717, 1.165) is 13.0 Å². The van der Waals surface area contributed by atoms with E-state index in [1.807, 2.05) is 0 Å². The standard InChI is InChI=1S/C11H21NO2/c1-9(2)6-7-12(10-4-5-10)8-11(13)14-3/h9-10H,4-8H2,1-3H3. The summed E-state index contributed by atoms with van der Waals surface area (Å²) >= 11 is 0. The first-order valence-corrected chi connectivity index (χ1v) is 5.44. The molecule has 0 aromatic rings. The zero-order chi connectivity index (χ0) is 10.6. The molecule has 0 radical (unpaired) electrons. The Hall–Kier alpha value is -0.570. The summed E-state index contributed by atoms with van der Waals surface area (Å²) in [5.74, 6) is 0.592. The van der Waals surface area contributed by atoms with Crippen LogP contribution in [0.1, 0.15) is 33.1 Å². The molecule has 0 atom stereocenters. The molecule has 1 fully saturated rings. The first-order chi connectivity index (χ1) is 6.63. The summed E-state index contributed by atoms with van der Waals surface area (Å²) in [6, 6.07) is 0.646. The van der Waals surface area contributed by atoms with Crippen LogP contribution in [0.15, 0.2) is 0 Å². The molecule has 0 amide bonds. The van der Waals surface area contributed by atoms with E-state index < -0.39 is 0 Å². The van der Waals surface area contributed by atoms with Gasteiger partial charge >= 0.3 is 5.97 Å². The topological polar surface area (TPSA) is 29.5 Å². The van der Waals surface area contributed by atoms with Gasteiger partial charge < -0.3 is 4.74 Å². The van der Waals surface area contributed by atoms with Crippen molar-refractivity contribution in [2.75, 3.05) is 20.2 Å². The number of nitrogens with zero attached hydrogens (tertiary/aromatic N) is 1. The van der Waals surface area contributed by atoms with E-state index in [0.29, 0.717) is 18.5 Å². The lowest BCUT2D eigenvalue weighted by Crippen LogP contribution is -2.33. The van der Waals surface area contributed by atoms with Gasteiger partial charge in [-0.25, -0.2) is 0 Å². The number of ether oxygens (including phenoxy) is 1. The van der Waals surface area contributed by atoms with Crippen LogP contribution in [0.3, 0.4) is 0 Å². The minimum Gasteiger partial charge on any atom is -0.468 e. The molecule has 3 heteroatoms. The third-order valence-corrected chi connectivity index (χ3v) is 2.62. The molecule has 0 bridgehead atoms. The molecule has 1 aliphatic carbocycles. The lowest BCUT2D eigenvalue weighted by molar-refractivity contribution is -0.142. The molecule has 1 rings (SSSR count). The Morgan fingerprint density at radius 3 is 2.57 bits per heavy atom. The number of hydrogen-bond donors (Lipinski definition) is 0. The minimum atomic E-state index is -0.111. The molecular weight excluding hydrogens is 178 g/mol. The van der Waals surface area contributed by atoms with Gasteiger partial charge in [-0.05, 0) is 31.7 Å². The molecule has 82 valence electrons. The van der Waals surface area contributed by atoms with E-state index in [2.05, 4.69) is 23.5 Å². The number of esters is 1. The van der Waals surface area contributed by atoms with Crippen molar-refractivity contribution >= 4 is 5.97 Å². The molecule has 1 saturated carbocycles. The fraction of sp³-hybridized carbons (Fsp3) is 0.909. The van der Waals surface area contributed by atoms with E-state index in [1.165, 1.54) is 20.0 Å². The average Bonchev–Trinajstić information content (AvgIpc) is 2.94. The van der Waals surface area contributed by atoms with Crippen LogP contribution in [0.25, 0.3) is 0 Å². The summed E-state index contributed by atoms with van der Waals surface area (Å²) in [6.45, 7) is 5.91. The molecular formula is C11H21NO2. The van der Waals surface area contributed by atoms with Crippen LogP contribution in [0, 0.1) is 5.92 Å². The number of carbonyl (C=O) groups is 1.